The average molecular weight is 237 g/mol. The van der Waals surface area contributed by atoms with E-state index in [2.05, 4.69) is 25.1 Å². The number of para-hydroxylation sites is 1. The highest BCUT2D eigenvalue weighted by molar-refractivity contribution is 7.98. The Bertz CT molecular complexity index is 340. The van der Waals surface area contributed by atoms with Crippen LogP contribution in [0.3, 0.4) is 0 Å². The molecule has 0 radical (unpaired) electrons. The van der Waals surface area contributed by atoms with Gasteiger partial charge < -0.3 is 4.90 Å². The number of thioether (sulfide) groups is 1. The molecule has 0 N–H and O–H groups in total. The maximum atomic E-state index is 11.0. The molecular weight excluding hydrogens is 218 g/mol. The molecule has 0 saturated carbocycles. The Morgan fingerprint density at radius 3 is 2.69 bits per heavy atom. The van der Waals surface area contributed by atoms with Crippen molar-refractivity contribution in [1.82, 2.24) is 0 Å². The fourth-order valence-corrected chi connectivity index (χ4v) is 2.65. The second kappa shape index (κ2) is 6.59. The summed E-state index contributed by atoms with van der Waals surface area (Å²) in [5, 5.41) is 0. The van der Waals surface area contributed by atoms with Crippen molar-refractivity contribution in [2.75, 3.05) is 24.0 Å². The molecule has 1 aromatic rings. The Balaban J connectivity index is 2.93. The predicted octanol–water partition coefficient (Wildman–Crippen LogP) is 3.08. The van der Waals surface area contributed by atoms with Gasteiger partial charge in [0.25, 0.3) is 0 Å². The number of hydrogen-bond donors (Lipinski definition) is 0. The fourth-order valence-electron chi connectivity index (χ4n) is 1.80. The number of benzene rings is 1. The molecule has 0 bridgehead atoms. The molecule has 2 nitrogen and oxygen atoms in total. The number of carbonyl (C=O) groups excluding carboxylic acids is 1. The van der Waals surface area contributed by atoms with Crippen LogP contribution >= 0.6 is 11.8 Å². The van der Waals surface area contributed by atoms with Crippen molar-refractivity contribution in [3.8, 4) is 0 Å². The van der Waals surface area contributed by atoms with Gasteiger partial charge in [-0.05, 0) is 24.8 Å². The molecule has 88 valence electrons. The molecule has 0 aliphatic carbocycles. The third-order valence-corrected chi connectivity index (χ3v) is 3.54. The Labute approximate surface area is 102 Å². The lowest BCUT2D eigenvalue weighted by Gasteiger charge is -2.29. The molecule has 16 heavy (non-hydrogen) atoms. The Morgan fingerprint density at radius 2 is 2.12 bits per heavy atom. The van der Waals surface area contributed by atoms with Gasteiger partial charge in [-0.15, -0.1) is 0 Å². The predicted molar refractivity (Wildman–Crippen MR) is 72.7 cm³/mol. The molecule has 3 heteroatoms. The number of anilines is 1. The van der Waals surface area contributed by atoms with E-state index in [1.165, 1.54) is 0 Å². The van der Waals surface area contributed by atoms with Crippen molar-refractivity contribution in [1.29, 1.82) is 0 Å². The van der Waals surface area contributed by atoms with Crippen molar-refractivity contribution in [2.45, 2.75) is 19.4 Å². The van der Waals surface area contributed by atoms with Crippen molar-refractivity contribution in [2.24, 2.45) is 0 Å². The maximum absolute atomic E-state index is 11.0. The molecular formula is C13H19NOS. The first-order chi connectivity index (χ1) is 7.74. The molecule has 1 rings (SSSR count). The minimum Gasteiger partial charge on any atom is -0.370 e. The van der Waals surface area contributed by atoms with Gasteiger partial charge >= 0.3 is 0 Å². The highest BCUT2D eigenvalue weighted by Gasteiger charge is 2.14. The minimum atomic E-state index is 0.483. The highest BCUT2D eigenvalue weighted by atomic mass is 32.2. The summed E-state index contributed by atoms with van der Waals surface area (Å²) in [5.41, 5.74) is 1.79. The van der Waals surface area contributed by atoms with Crippen LogP contribution in [0.1, 0.15) is 23.7 Å². The lowest BCUT2D eigenvalue weighted by Crippen LogP contribution is -2.33. The molecule has 0 aliphatic rings. The number of carbonyl (C=O) groups is 1. The molecule has 0 aromatic heterocycles. The zero-order valence-corrected chi connectivity index (χ0v) is 11.0. The first-order valence-electron chi connectivity index (χ1n) is 5.50. The molecule has 1 atom stereocenters. The summed E-state index contributed by atoms with van der Waals surface area (Å²) in [6.07, 6.45) is 4.13. The van der Waals surface area contributed by atoms with Gasteiger partial charge in [0.1, 0.15) is 0 Å². The first kappa shape index (κ1) is 13.1. The quantitative estimate of drug-likeness (QED) is 0.709. The van der Waals surface area contributed by atoms with Gasteiger partial charge in [0.2, 0.25) is 0 Å². The third-order valence-electron chi connectivity index (χ3n) is 2.82. The van der Waals surface area contributed by atoms with Crippen LogP contribution in [0.2, 0.25) is 0 Å². The van der Waals surface area contributed by atoms with Crippen molar-refractivity contribution in [3.05, 3.63) is 29.8 Å². The van der Waals surface area contributed by atoms with E-state index in [0.717, 1.165) is 29.7 Å². The number of nitrogens with zero attached hydrogens (tertiary/aromatic N) is 1. The summed E-state index contributed by atoms with van der Waals surface area (Å²) in [6, 6.07) is 8.23. The van der Waals surface area contributed by atoms with Crippen LogP contribution in [-0.2, 0) is 0 Å². The van der Waals surface area contributed by atoms with Gasteiger partial charge in [-0.25, -0.2) is 0 Å². The van der Waals surface area contributed by atoms with E-state index < -0.39 is 0 Å². The van der Waals surface area contributed by atoms with E-state index >= 15 is 0 Å². The van der Waals surface area contributed by atoms with Crippen LogP contribution in [0.4, 0.5) is 5.69 Å². The van der Waals surface area contributed by atoms with Gasteiger partial charge in [0.15, 0.2) is 6.29 Å². The second-order valence-electron chi connectivity index (χ2n) is 3.80. The van der Waals surface area contributed by atoms with E-state index in [-0.39, 0.29) is 0 Å². The number of rotatable bonds is 6. The van der Waals surface area contributed by atoms with Crippen molar-refractivity contribution >= 4 is 23.7 Å². The molecule has 0 amide bonds. The maximum Gasteiger partial charge on any atom is 0.152 e. The van der Waals surface area contributed by atoms with Gasteiger partial charge in [0, 0.05) is 30.1 Å². The summed E-state index contributed by atoms with van der Waals surface area (Å²) in [4.78, 5) is 13.2. The topological polar surface area (TPSA) is 20.3 Å². The fraction of sp³-hybridized carbons (Fsp3) is 0.462. The molecule has 0 heterocycles. The average Bonchev–Trinajstić information content (AvgIpc) is 2.35. The van der Waals surface area contributed by atoms with Gasteiger partial charge in [-0.3, -0.25) is 4.79 Å². The van der Waals surface area contributed by atoms with Crippen LogP contribution < -0.4 is 4.90 Å². The standard InChI is InChI=1S/C13H19NOS/c1-4-12(10-16-3)14(2)13-8-6-5-7-11(13)9-15/h5-9,12H,4,10H2,1-3H3. The van der Waals surface area contributed by atoms with E-state index in [0.29, 0.717) is 6.04 Å². The molecule has 1 unspecified atom stereocenters. The minimum absolute atomic E-state index is 0.483. The molecule has 0 spiro atoms. The van der Waals surface area contributed by atoms with Crippen LogP contribution in [0.5, 0.6) is 0 Å². The van der Waals surface area contributed by atoms with Crippen LogP contribution in [0.25, 0.3) is 0 Å². The van der Waals surface area contributed by atoms with Gasteiger partial charge in [-0.2, -0.15) is 11.8 Å². The molecule has 1 aromatic carbocycles. The van der Waals surface area contributed by atoms with Crippen LogP contribution in [0.15, 0.2) is 24.3 Å². The zero-order chi connectivity index (χ0) is 12.0. The normalized spacial score (nSPS) is 12.2. The van der Waals surface area contributed by atoms with Crippen LogP contribution in [0, 0.1) is 0 Å². The van der Waals surface area contributed by atoms with E-state index in [1.54, 1.807) is 0 Å². The highest BCUT2D eigenvalue weighted by Crippen LogP contribution is 2.22. The summed E-state index contributed by atoms with van der Waals surface area (Å²) < 4.78 is 0. The monoisotopic (exact) mass is 237 g/mol. The second-order valence-corrected chi connectivity index (χ2v) is 4.72. The summed E-state index contributed by atoms with van der Waals surface area (Å²) in [7, 11) is 2.06. The largest absolute Gasteiger partial charge is 0.370 e. The molecule has 0 fully saturated rings. The Hall–Kier alpha value is -0.960. The Morgan fingerprint density at radius 1 is 1.44 bits per heavy atom. The first-order valence-corrected chi connectivity index (χ1v) is 6.90. The van der Waals surface area contributed by atoms with Crippen LogP contribution in [-0.4, -0.2) is 31.4 Å². The number of aldehydes is 1. The lowest BCUT2D eigenvalue weighted by molar-refractivity contribution is 0.112. The van der Waals surface area contributed by atoms with Crippen molar-refractivity contribution in [3.63, 3.8) is 0 Å². The zero-order valence-electron chi connectivity index (χ0n) is 10.1. The van der Waals surface area contributed by atoms with E-state index in [9.17, 15) is 4.79 Å². The summed E-state index contributed by atoms with van der Waals surface area (Å²) >= 11 is 1.84. The summed E-state index contributed by atoms with van der Waals surface area (Å²) in [6.45, 7) is 2.18. The SMILES string of the molecule is CCC(CSC)N(C)c1ccccc1C=O. The molecule has 0 saturated heterocycles. The van der Waals surface area contributed by atoms with E-state index in [1.807, 2.05) is 36.0 Å². The number of hydrogen-bond acceptors (Lipinski definition) is 3. The summed E-state index contributed by atoms with van der Waals surface area (Å²) in [5.74, 6) is 1.08. The van der Waals surface area contributed by atoms with Crippen molar-refractivity contribution < 1.29 is 4.79 Å². The van der Waals surface area contributed by atoms with Gasteiger partial charge in [-0.1, -0.05) is 19.1 Å². The third kappa shape index (κ3) is 3.01. The van der Waals surface area contributed by atoms with E-state index in [4.69, 9.17) is 0 Å². The van der Waals surface area contributed by atoms with Gasteiger partial charge in [0.05, 0.1) is 0 Å². The smallest absolute Gasteiger partial charge is 0.152 e. The lowest BCUT2D eigenvalue weighted by atomic mass is 10.1. The molecule has 0 aliphatic heterocycles. The Kier molecular flexibility index (Phi) is 5.39.